The summed E-state index contributed by atoms with van der Waals surface area (Å²) < 4.78 is 25.5. The maximum atomic E-state index is 13.4. The molecule has 7 heteroatoms. The van der Waals surface area contributed by atoms with E-state index in [-0.39, 0.29) is 10.9 Å². The van der Waals surface area contributed by atoms with E-state index in [4.69, 9.17) is 11.6 Å². The van der Waals surface area contributed by atoms with Crippen molar-refractivity contribution in [3.63, 3.8) is 0 Å². The normalized spacial score (nSPS) is 17.2. The van der Waals surface area contributed by atoms with Crippen LogP contribution >= 0.6 is 11.6 Å². The van der Waals surface area contributed by atoms with Gasteiger partial charge in [0.1, 0.15) is 0 Å². The van der Waals surface area contributed by atoms with Gasteiger partial charge >= 0.3 is 0 Å². The fraction of sp³-hybridized carbons (Fsp3) is 0.409. The van der Waals surface area contributed by atoms with Crippen LogP contribution in [0, 0.1) is 0 Å². The third-order valence-electron chi connectivity index (χ3n) is 5.73. The van der Waals surface area contributed by atoms with Gasteiger partial charge < -0.3 is 10.2 Å². The van der Waals surface area contributed by atoms with Crippen molar-refractivity contribution in [2.45, 2.75) is 41.4 Å². The van der Waals surface area contributed by atoms with Gasteiger partial charge in [0.05, 0.1) is 10.9 Å². The van der Waals surface area contributed by atoms with E-state index in [1.165, 1.54) is 12.1 Å². The molecule has 1 unspecified atom stereocenters. The molecule has 0 aromatic heterocycles. The van der Waals surface area contributed by atoms with Crippen LogP contribution in [0.1, 0.15) is 37.3 Å². The lowest BCUT2D eigenvalue weighted by atomic mass is 10.0. The summed E-state index contributed by atoms with van der Waals surface area (Å²) >= 11 is 5.91. The number of nitrogens with zero attached hydrogens (tertiary/aromatic N) is 1. The van der Waals surface area contributed by atoms with Crippen LogP contribution in [0.15, 0.2) is 59.5 Å². The summed E-state index contributed by atoms with van der Waals surface area (Å²) in [4.78, 5) is 15.4. The average Bonchev–Trinajstić information content (AvgIpc) is 3.21. The predicted octanol–water partition coefficient (Wildman–Crippen LogP) is 3.85. The number of sulfone groups is 1. The second-order valence-corrected chi connectivity index (χ2v) is 10.5. The van der Waals surface area contributed by atoms with Gasteiger partial charge in [0.2, 0.25) is 5.91 Å². The Labute approximate surface area is 178 Å². The van der Waals surface area contributed by atoms with Crippen molar-refractivity contribution in [1.82, 2.24) is 10.2 Å². The maximum Gasteiger partial charge on any atom is 0.241 e. The summed E-state index contributed by atoms with van der Waals surface area (Å²) in [6.45, 7) is 0.341. The zero-order valence-corrected chi connectivity index (χ0v) is 18.3. The highest BCUT2D eigenvalue weighted by Crippen LogP contribution is 2.41. The van der Waals surface area contributed by atoms with E-state index in [0.717, 1.165) is 18.4 Å². The number of carbonyl (C=O) groups is 1. The first-order valence-corrected chi connectivity index (χ1v) is 11.6. The molecule has 156 valence electrons. The summed E-state index contributed by atoms with van der Waals surface area (Å²) in [6.07, 6.45) is 2.11. The lowest BCUT2D eigenvalue weighted by Gasteiger charge is -2.30. The largest absolute Gasteiger partial charge is 0.353 e. The lowest BCUT2D eigenvalue weighted by Crippen LogP contribution is -2.52. The van der Waals surface area contributed by atoms with Crippen LogP contribution in [0.2, 0.25) is 5.02 Å². The molecule has 5 nitrogen and oxygen atoms in total. The third kappa shape index (κ3) is 4.34. The Balaban J connectivity index is 1.85. The number of benzene rings is 2. The highest BCUT2D eigenvalue weighted by Gasteiger charge is 2.52. The number of amides is 1. The molecule has 1 aliphatic carbocycles. The number of carbonyl (C=O) groups excluding carboxylic acids is 1. The van der Waals surface area contributed by atoms with Crippen LogP contribution in [-0.4, -0.2) is 44.6 Å². The van der Waals surface area contributed by atoms with Crippen molar-refractivity contribution in [2.24, 2.45) is 0 Å². The zero-order valence-electron chi connectivity index (χ0n) is 16.8. The Morgan fingerprint density at radius 3 is 2.21 bits per heavy atom. The number of likely N-dealkylation sites (N-methyl/N-ethyl adjacent to an activating group) is 1. The SMILES string of the molecule is CN(C)C(CNC(=O)C1(S(=O)(=O)c2ccc(Cl)cc2)CCCC1)c1ccccc1. The molecule has 1 N–H and O–H groups in total. The Hall–Kier alpha value is -1.89. The van der Waals surface area contributed by atoms with E-state index in [0.29, 0.717) is 24.4 Å². The molecule has 1 aliphatic rings. The highest BCUT2D eigenvalue weighted by atomic mass is 35.5. The van der Waals surface area contributed by atoms with E-state index < -0.39 is 20.5 Å². The molecule has 0 aliphatic heterocycles. The molecule has 3 rings (SSSR count). The van der Waals surface area contributed by atoms with Crippen molar-refractivity contribution in [3.8, 4) is 0 Å². The monoisotopic (exact) mass is 434 g/mol. The molecular formula is C22H27ClN2O3S. The molecule has 0 saturated heterocycles. The number of hydrogen-bond acceptors (Lipinski definition) is 4. The van der Waals surface area contributed by atoms with Gasteiger partial charge in [-0.15, -0.1) is 0 Å². The smallest absolute Gasteiger partial charge is 0.241 e. The summed E-state index contributed by atoms with van der Waals surface area (Å²) in [5, 5.41) is 3.41. The third-order valence-corrected chi connectivity index (χ3v) is 8.49. The van der Waals surface area contributed by atoms with Crippen molar-refractivity contribution < 1.29 is 13.2 Å². The van der Waals surface area contributed by atoms with Gasteiger partial charge in [-0.1, -0.05) is 54.8 Å². The second-order valence-electron chi connectivity index (χ2n) is 7.76. The maximum absolute atomic E-state index is 13.4. The highest BCUT2D eigenvalue weighted by molar-refractivity contribution is 7.93. The van der Waals surface area contributed by atoms with Crippen molar-refractivity contribution in [2.75, 3.05) is 20.6 Å². The van der Waals surface area contributed by atoms with Gasteiger partial charge in [0.25, 0.3) is 0 Å². The Kier molecular flexibility index (Phi) is 6.66. The number of hydrogen-bond donors (Lipinski definition) is 1. The Bertz CT molecular complexity index is 938. The molecular weight excluding hydrogens is 408 g/mol. The molecule has 2 aromatic rings. The van der Waals surface area contributed by atoms with E-state index in [1.54, 1.807) is 12.1 Å². The van der Waals surface area contributed by atoms with Crippen LogP contribution in [0.5, 0.6) is 0 Å². The van der Waals surface area contributed by atoms with Crippen LogP contribution < -0.4 is 5.32 Å². The van der Waals surface area contributed by atoms with E-state index in [9.17, 15) is 13.2 Å². The summed E-state index contributed by atoms with van der Waals surface area (Å²) in [5.74, 6) is -0.410. The minimum absolute atomic E-state index is 0.0446. The average molecular weight is 435 g/mol. The lowest BCUT2D eigenvalue weighted by molar-refractivity contribution is -0.123. The number of halogens is 1. The predicted molar refractivity (Wildman–Crippen MR) is 116 cm³/mol. The molecule has 1 atom stereocenters. The number of nitrogens with one attached hydrogen (secondary N) is 1. The minimum Gasteiger partial charge on any atom is -0.353 e. The topological polar surface area (TPSA) is 66.5 Å². The van der Waals surface area contributed by atoms with E-state index in [1.807, 2.05) is 49.3 Å². The first kappa shape index (κ1) is 21.8. The summed E-state index contributed by atoms with van der Waals surface area (Å²) in [5.41, 5.74) is 1.07. The van der Waals surface area contributed by atoms with Crippen molar-refractivity contribution in [1.29, 1.82) is 0 Å². The van der Waals surface area contributed by atoms with Crippen molar-refractivity contribution >= 4 is 27.3 Å². The second kappa shape index (κ2) is 8.86. The van der Waals surface area contributed by atoms with Gasteiger partial charge in [-0.25, -0.2) is 8.42 Å². The van der Waals surface area contributed by atoms with E-state index >= 15 is 0 Å². The van der Waals surface area contributed by atoms with Crippen LogP contribution in [-0.2, 0) is 14.6 Å². The van der Waals surface area contributed by atoms with Crippen molar-refractivity contribution in [3.05, 3.63) is 65.2 Å². The van der Waals surface area contributed by atoms with Crippen LogP contribution in [0.25, 0.3) is 0 Å². The van der Waals surface area contributed by atoms with Gasteiger partial charge in [-0.05, 0) is 56.8 Å². The quantitative estimate of drug-likeness (QED) is 0.718. The summed E-state index contributed by atoms with van der Waals surface area (Å²) in [7, 11) is 0.0547. The first-order chi connectivity index (χ1) is 13.8. The molecule has 1 amide bonds. The van der Waals surface area contributed by atoms with E-state index in [2.05, 4.69) is 5.32 Å². The van der Waals surface area contributed by atoms with Crippen LogP contribution in [0.3, 0.4) is 0 Å². The standard InChI is InChI=1S/C22H27ClN2O3S/c1-25(2)20(17-8-4-3-5-9-17)16-24-21(26)22(14-6-7-15-22)29(27,28)19-12-10-18(23)11-13-19/h3-5,8-13,20H,6-7,14-16H2,1-2H3,(H,24,26). The van der Waals surface area contributed by atoms with Gasteiger partial charge in [0, 0.05) is 11.6 Å². The molecule has 0 bridgehead atoms. The number of rotatable bonds is 7. The van der Waals surface area contributed by atoms with Gasteiger partial charge in [0.15, 0.2) is 14.6 Å². The molecule has 1 saturated carbocycles. The van der Waals surface area contributed by atoms with Gasteiger partial charge in [-0.3, -0.25) is 4.79 Å². The molecule has 1 fully saturated rings. The summed E-state index contributed by atoms with van der Waals surface area (Å²) in [6, 6.07) is 15.9. The van der Waals surface area contributed by atoms with Crippen LogP contribution in [0.4, 0.5) is 0 Å². The Morgan fingerprint density at radius 1 is 1.07 bits per heavy atom. The zero-order chi connectivity index (χ0) is 21.1. The molecule has 29 heavy (non-hydrogen) atoms. The minimum atomic E-state index is -3.83. The molecule has 0 heterocycles. The van der Waals surface area contributed by atoms with Gasteiger partial charge in [-0.2, -0.15) is 0 Å². The fourth-order valence-corrected chi connectivity index (χ4v) is 6.24. The molecule has 2 aromatic carbocycles. The first-order valence-electron chi connectivity index (χ1n) is 9.78. The molecule has 0 radical (unpaired) electrons. The molecule has 0 spiro atoms. The fourth-order valence-electron chi connectivity index (χ4n) is 4.03. The Morgan fingerprint density at radius 2 is 1.66 bits per heavy atom.